The fraction of sp³-hybridized carbons (Fsp3) is 0.471. The lowest BCUT2D eigenvalue weighted by molar-refractivity contribution is 0.676. The summed E-state index contributed by atoms with van der Waals surface area (Å²) in [5.41, 5.74) is 11.1. The Kier molecular flexibility index (Phi) is 3.28. The molecule has 0 atom stereocenters. The van der Waals surface area contributed by atoms with E-state index in [2.05, 4.69) is 43.5 Å². The number of imidazole rings is 1. The molecule has 0 unspecified atom stereocenters. The molecule has 3 heteroatoms. The molecule has 0 aliphatic heterocycles. The van der Waals surface area contributed by atoms with Crippen molar-refractivity contribution < 1.29 is 0 Å². The molecule has 106 valence electrons. The van der Waals surface area contributed by atoms with Gasteiger partial charge >= 0.3 is 0 Å². The van der Waals surface area contributed by atoms with Crippen molar-refractivity contribution in [2.75, 3.05) is 5.73 Å². The molecule has 3 nitrogen and oxygen atoms in total. The molecule has 1 saturated carbocycles. The van der Waals surface area contributed by atoms with Gasteiger partial charge in [-0.3, -0.25) is 0 Å². The normalized spacial score (nSPS) is 14.8. The quantitative estimate of drug-likeness (QED) is 0.910. The number of nitrogens with two attached hydrogens (primary N) is 1. The Hall–Kier alpha value is -1.77. The minimum absolute atomic E-state index is 0.586. The Morgan fingerprint density at radius 2 is 2.05 bits per heavy atom. The molecule has 1 aliphatic rings. The Morgan fingerprint density at radius 1 is 1.30 bits per heavy atom. The van der Waals surface area contributed by atoms with Gasteiger partial charge in [-0.1, -0.05) is 24.6 Å². The fourth-order valence-corrected chi connectivity index (χ4v) is 2.82. The van der Waals surface area contributed by atoms with Crippen molar-refractivity contribution in [3.63, 3.8) is 0 Å². The van der Waals surface area contributed by atoms with E-state index in [-0.39, 0.29) is 0 Å². The number of rotatable bonds is 4. The number of benzene rings is 1. The first-order chi connectivity index (χ1) is 9.61. The maximum absolute atomic E-state index is 6.43. The first-order valence-electron chi connectivity index (χ1n) is 7.56. The molecule has 0 spiro atoms. The standard InChI is InChI=1S/C17H23N3/c1-4-5-15-19-16(17(18)20(15)13-8-9-13)14-10-11(2)6-7-12(14)3/h6-7,10,13H,4-5,8-9,18H2,1-3H3. The Labute approximate surface area is 120 Å². The van der Waals surface area contributed by atoms with Crippen LogP contribution in [0.3, 0.4) is 0 Å². The summed E-state index contributed by atoms with van der Waals surface area (Å²) in [6, 6.07) is 7.07. The molecule has 0 saturated heterocycles. The van der Waals surface area contributed by atoms with Gasteiger partial charge in [0.25, 0.3) is 0 Å². The van der Waals surface area contributed by atoms with Crippen LogP contribution >= 0.6 is 0 Å². The highest BCUT2D eigenvalue weighted by atomic mass is 15.2. The summed E-state index contributed by atoms with van der Waals surface area (Å²) in [5.74, 6) is 2.01. The van der Waals surface area contributed by atoms with Crippen LogP contribution in [0.5, 0.6) is 0 Å². The van der Waals surface area contributed by atoms with Crippen LogP contribution in [-0.2, 0) is 6.42 Å². The summed E-state index contributed by atoms with van der Waals surface area (Å²) < 4.78 is 2.28. The van der Waals surface area contributed by atoms with Crippen molar-refractivity contribution in [1.29, 1.82) is 0 Å². The van der Waals surface area contributed by atoms with Gasteiger partial charge in [0.15, 0.2) is 0 Å². The molecule has 1 heterocycles. The topological polar surface area (TPSA) is 43.8 Å². The SMILES string of the molecule is CCCc1nc(-c2cc(C)ccc2C)c(N)n1C1CC1. The van der Waals surface area contributed by atoms with E-state index in [1.54, 1.807) is 0 Å². The molecule has 0 bridgehead atoms. The van der Waals surface area contributed by atoms with E-state index >= 15 is 0 Å². The zero-order valence-corrected chi connectivity index (χ0v) is 12.6. The lowest BCUT2D eigenvalue weighted by Crippen LogP contribution is -2.05. The number of aromatic nitrogens is 2. The molecular weight excluding hydrogens is 246 g/mol. The van der Waals surface area contributed by atoms with Gasteiger partial charge in [-0.15, -0.1) is 0 Å². The van der Waals surface area contributed by atoms with Gasteiger partial charge in [0.1, 0.15) is 17.3 Å². The largest absolute Gasteiger partial charge is 0.383 e. The van der Waals surface area contributed by atoms with E-state index in [4.69, 9.17) is 10.7 Å². The van der Waals surface area contributed by atoms with Crippen molar-refractivity contribution in [2.45, 2.75) is 52.5 Å². The highest BCUT2D eigenvalue weighted by Gasteiger charge is 2.29. The minimum Gasteiger partial charge on any atom is -0.383 e. The number of nitrogens with zero attached hydrogens (tertiary/aromatic N) is 2. The van der Waals surface area contributed by atoms with Crippen LogP contribution in [0.2, 0.25) is 0 Å². The van der Waals surface area contributed by atoms with Crippen LogP contribution < -0.4 is 5.73 Å². The molecule has 1 aliphatic carbocycles. The maximum atomic E-state index is 6.43. The molecular formula is C17H23N3. The second-order valence-corrected chi connectivity index (χ2v) is 5.93. The monoisotopic (exact) mass is 269 g/mol. The summed E-state index contributed by atoms with van der Waals surface area (Å²) in [6.07, 6.45) is 4.59. The third-order valence-electron chi connectivity index (χ3n) is 4.05. The van der Waals surface area contributed by atoms with Gasteiger partial charge in [-0.05, 0) is 44.7 Å². The number of anilines is 1. The van der Waals surface area contributed by atoms with Crippen LogP contribution in [0.15, 0.2) is 18.2 Å². The van der Waals surface area contributed by atoms with Crippen LogP contribution in [0.25, 0.3) is 11.3 Å². The lowest BCUT2D eigenvalue weighted by atomic mass is 10.0. The Balaban J connectivity index is 2.13. The summed E-state index contributed by atoms with van der Waals surface area (Å²) in [7, 11) is 0. The average Bonchev–Trinajstić information content (AvgIpc) is 3.19. The van der Waals surface area contributed by atoms with Crippen molar-refractivity contribution in [1.82, 2.24) is 9.55 Å². The predicted molar refractivity (Wildman–Crippen MR) is 83.8 cm³/mol. The molecule has 1 fully saturated rings. The van der Waals surface area contributed by atoms with Gasteiger partial charge in [0.2, 0.25) is 0 Å². The lowest BCUT2D eigenvalue weighted by Gasteiger charge is -2.08. The number of nitrogen functional groups attached to an aromatic ring is 1. The van der Waals surface area contributed by atoms with E-state index in [0.29, 0.717) is 6.04 Å². The highest BCUT2D eigenvalue weighted by Crippen LogP contribution is 2.41. The summed E-state index contributed by atoms with van der Waals surface area (Å²) in [4.78, 5) is 4.87. The van der Waals surface area contributed by atoms with Crippen LogP contribution in [0.1, 0.15) is 49.2 Å². The first-order valence-corrected chi connectivity index (χ1v) is 7.56. The van der Waals surface area contributed by atoms with Crippen LogP contribution in [-0.4, -0.2) is 9.55 Å². The second kappa shape index (κ2) is 4.97. The summed E-state index contributed by atoms with van der Waals surface area (Å²) in [5, 5.41) is 0. The zero-order chi connectivity index (χ0) is 14.3. The first kappa shape index (κ1) is 13.2. The molecule has 0 radical (unpaired) electrons. The van der Waals surface area contributed by atoms with Crippen LogP contribution in [0.4, 0.5) is 5.82 Å². The van der Waals surface area contributed by atoms with Crippen molar-refractivity contribution >= 4 is 5.82 Å². The molecule has 3 rings (SSSR count). The van der Waals surface area contributed by atoms with E-state index in [9.17, 15) is 0 Å². The number of hydrogen-bond acceptors (Lipinski definition) is 2. The molecule has 2 aromatic rings. The maximum Gasteiger partial charge on any atom is 0.132 e. The molecule has 20 heavy (non-hydrogen) atoms. The molecule has 1 aromatic carbocycles. The Bertz CT molecular complexity index is 636. The predicted octanol–water partition coefficient (Wildman–Crippen LogP) is 4.04. The summed E-state index contributed by atoms with van der Waals surface area (Å²) >= 11 is 0. The van der Waals surface area contributed by atoms with Crippen molar-refractivity contribution in [3.8, 4) is 11.3 Å². The van der Waals surface area contributed by atoms with Crippen molar-refractivity contribution in [2.24, 2.45) is 0 Å². The van der Waals surface area contributed by atoms with Gasteiger partial charge < -0.3 is 10.3 Å². The van der Waals surface area contributed by atoms with E-state index in [1.807, 2.05) is 0 Å². The minimum atomic E-state index is 0.586. The molecule has 0 amide bonds. The van der Waals surface area contributed by atoms with Gasteiger partial charge in [0, 0.05) is 18.0 Å². The van der Waals surface area contributed by atoms with Crippen LogP contribution in [0, 0.1) is 13.8 Å². The van der Waals surface area contributed by atoms with Gasteiger partial charge in [-0.25, -0.2) is 4.98 Å². The third-order valence-corrected chi connectivity index (χ3v) is 4.05. The second-order valence-electron chi connectivity index (χ2n) is 5.93. The zero-order valence-electron chi connectivity index (χ0n) is 12.6. The number of hydrogen-bond donors (Lipinski definition) is 1. The van der Waals surface area contributed by atoms with Gasteiger partial charge in [-0.2, -0.15) is 0 Å². The third kappa shape index (κ3) is 2.21. The van der Waals surface area contributed by atoms with E-state index in [1.165, 1.54) is 29.5 Å². The molecule has 1 aromatic heterocycles. The summed E-state index contributed by atoms with van der Waals surface area (Å²) in [6.45, 7) is 6.44. The molecule has 2 N–H and O–H groups in total. The van der Waals surface area contributed by atoms with E-state index in [0.717, 1.165) is 30.2 Å². The fourth-order valence-electron chi connectivity index (χ4n) is 2.82. The van der Waals surface area contributed by atoms with Gasteiger partial charge in [0.05, 0.1) is 0 Å². The Morgan fingerprint density at radius 3 is 2.70 bits per heavy atom. The average molecular weight is 269 g/mol. The number of aryl methyl sites for hydroxylation is 3. The van der Waals surface area contributed by atoms with Crippen molar-refractivity contribution in [3.05, 3.63) is 35.2 Å². The van der Waals surface area contributed by atoms with E-state index < -0.39 is 0 Å². The smallest absolute Gasteiger partial charge is 0.132 e. The highest BCUT2D eigenvalue weighted by molar-refractivity contribution is 5.74.